The highest BCUT2D eigenvalue weighted by Crippen LogP contribution is 2.50. The highest BCUT2D eigenvalue weighted by Gasteiger charge is 2.33. The summed E-state index contributed by atoms with van der Waals surface area (Å²) in [6.45, 7) is 3.46. The molecule has 4 aromatic rings. The summed E-state index contributed by atoms with van der Waals surface area (Å²) in [5.41, 5.74) is 3.56. The Morgan fingerprint density at radius 3 is 2.74 bits per heavy atom. The Balaban J connectivity index is 1.26. The molecular weight excluding hydrogens is 490 g/mol. The zero-order valence-electron chi connectivity index (χ0n) is 21.8. The van der Waals surface area contributed by atoms with Gasteiger partial charge in [-0.3, -0.25) is 19.6 Å². The van der Waals surface area contributed by atoms with Gasteiger partial charge in [0.2, 0.25) is 5.43 Å². The van der Waals surface area contributed by atoms with Gasteiger partial charge in [-0.1, -0.05) is 18.2 Å². The third kappa shape index (κ3) is 4.29. The summed E-state index contributed by atoms with van der Waals surface area (Å²) >= 11 is 0. The van der Waals surface area contributed by atoms with Gasteiger partial charge in [-0.15, -0.1) is 0 Å². The molecule has 4 heterocycles. The van der Waals surface area contributed by atoms with Crippen molar-refractivity contribution in [1.29, 1.82) is 0 Å². The summed E-state index contributed by atoms with van der Waals surface area (Å²) in [5, 5.41) is 3.48. The van der Waals surface area contributed by atoms with Gasteiger partial charge in [0.1, 0.15) is 11.1 Å². The molecule has 1 aliphatic carbocycles. The Hall–Kier alpha value is -4.04. The van der Waals surface area contributed by atoms with Crippen LogP contribution in [0.4, 0.5) is 0 Å². The molecule has 2 fully saturated rings. The number of likely N-dealkylation sites (tertiary alicyclic amines) is 1. The standard InChI is InChI=1S/C31H31N5O3/c37-29-23-10-9-22(20-7-8-21(17-20)25-18-32-11-12-33-25)30-28(23)36(26-5-1-2-6-27(26)39-30)19-24(29)31(38)34-13-16-35-14-3-4-15-35/h1-2,5-6,9-12,18-21H,3-4,7-8,13-17H2,(H,34,38). The number of nitrogens with zero attached hydrogens (tertiary/aromatic N) is 4. The van der Waals surface area contributed by atoms with E-state index in [1.807, 2.05) is 47.2 Å². The van der Waals surface area contributed by atoms with Gasteiger partial charge in [0, 0.05) is 49.4 Å². The summed E-state index contributed by atoms with van der Waals surface area (Å²) in [7, 11) is 0. The molecule has 2 atom stereocenters. The normalized spacial score (nSPS) is 20.1. The summed E-state index contributed by atoms with van der Waals surface area (Å²) in [6.07, 6.45) is 12.4. The number of nitrogens with one attached hydrogen (secondary N) is 1. The van der Waals surface area contributed by atoms with Gasteiger partial charge in [-0.25, -0.2) is 0 Å². The van der Waals surface area contributed by atoms with Crippen molar-refractivity contribution in [3.63, 3.8) is 0 Å². The minimum atomic E-state index is -0.331. The average Bonchev–Trinajstić information content (AvgIpc) is 3.68. The molecule has 1 saturated carbocycles. The van der Waals surface area contributed by atoms with Crippen molar-refractivity contribution in [3.8, 4) is 17.2 Å². The lowest BCUT2D eigenvalue weighted by molar-refractivity contribution is 0.0948. The second kappa shape index (κ2) is 9.93. The number of rotatable bonds is 6. The second-order valence-corrected chi connectivity index (χ2v) is 10.8. The van der Waals surface area contributed by atoms with Gasteiger partial charge >= 0.3 is 0 Å². The Kier molecular flexibility index (Phi) is 6.12. The number of carbonyl (C=O) groups excluding carboxylic acids is 1. The SMILES string of the molecule is O=C(NCCN1CCCC1)c1cn2c3c(c(C4CCC(c5cnccn5)C4)ccc3c1=O)Oc1ccccc1-2. The third-order valence-corrected chi connectivity index (χ3v) is 8.52. The number of hydrogen-bond acceptors (Lipinski definition) is 6. The van der Waals surface area contributed by atoms with E-state index >= 15 is 0 Å². The fourth-order valence-electron chi connectivity index (χ4n) is 6.52. The van der Waals surface area contributed by atoms with Crippen molar-refractivity contribution in [1.82, 2.24) is 24.8 Å². The minimum Gasteiger partial charge on any atom is -0.453 e. The average molecular weight is 522 g/mol. The first-order valence-corrected chi connectivity index (χ1v) is 13.9. The van der Waals surface area contributed by atoms with E-state index in [-0.39, 0.29) is 22.8 Å². The Bertz CT molecular complexity index is 1610. The van der Waals surface area contributed by atoms with Crippen molar-refractivity contribution in [2.24, 2.45) is 0 Å². The Morgan fingerprint density at radius 1 is 1.05 bits per heavy atom. The Morgan fingerprint density at radius 2 is 1.90 bits per heavy atom. The molecule has 198 valence electrons. The molecule has 7 rings (SSSR count). The van der Waals surface area contributed by atoms with Gasteiger partial charge in [0.05, 0.1) is 16.8 Å². The van der Waals surface area contributed by atoms with Crippen molar-refractivity contribution in [2.45, 2.75) is 43.9 Å². The molecule has 1 amide bonds. The monoisotopic (exact) mass is 521 g/mol. The smallest absolute Gasteiger partial charge is 0.256 e. The molecule has 39 heavy (non-hydrogen) atoms. The first kappa shape index (κ1) is 24.0. The van der Waals surface area contributed by atoms with Crippen LogP contribution in [0, 0.1) is 0 Å². The molecule has 0 spiro atoms. The molecule has 2 aliphatic heterocycles. The van der Waals surface area contributed by atoms with Gasteiger partial charge in [0.15, 0.2) is 11.5 Å². The number of fused-ring (bicyclic) bond motifs is 2. The molecule has 1 N–H and O–H groups in total. The van der Waals surface area contributed by atoms with Gasteiger partial charge < -0.3 is 19.5 Å². The van der Waals surface area contributed by atoms with E-state index in [0.29, 0.717) is 29.3 Å². The van der Waals surface area contributed by atoms with Gasteiger partial charge in [-0.2, -0.15) is 0 Å². The molecule has 8 nitrogen and oxygen atoms in total. The third-order valence-electron chi connectivity index (χ3n) is 8.52. The van der Waals surface area contributed by atoms with Crippen LogP contribution in [0.3, 0.4) is 0 Å². The van der Waals surface area contributed by atoms with Gasteiger partial charge in [0.25, 0.3) is 5.91 Å². The maximum Gasteiger partial charge on any atom is 0.256 e. The largest absolute Gasteiger partial charge is 0.453 e. The quantitative estimate of drug-likeness (QED) is 0.347. The number of hydrogen-bond donors (Lipinski definition) is 1. The van der Waals surface area contributed by atoms with Crippen LogP contribution >= 0.6 is 0 Å². The number of amides is 1. The maximum atomic E-state index is 13.7. The van der Waals surface area contributed by atoms with Crippen molar-refractivity contribution >= 4 is 16.8 Å². The highest BCUT2D eigenvalue weighted by molar-refractivity contribution is 5.99. The second-order valence-electron chi connectivity index (χ2n) is 10.8. The topological polar surface area (TPSA) is 89.4 Å². The highest BCUT2D eigenvalue weighted by atomic mass is 16.5. The summed E-state index contributed by atoms with van der Waals surface area (Å²) in [6, 6.07) is 11.7. The predicted octanol–water partition coefficient (Wildman–Crippen LogP) is 4.76. The zero-order valence-corrected chi connectivity index (χ0v) is 21.8. The first-order chi connectivity index (χ1) is 19.2. The number of benzene rings is 2. The van der Waals surface area contributed by atoms with Crippen LogP contribution in [0.15, 0.2) is 66.0 Å². The molecular formula is C31H31N5O3. The van der Waals surface area contributed by atoms with Crippen molar-refractivity contribution < 1.29 is 9.53 Å². The van der Waals surface area contributed by atoms with E-state index in [4.69, 9.17) is 4.74 Å². The number of pyridine rings is 1. The fourth-order valence-corrected chi connectivity index (χ4v) is 6.52. The maximum absolute atomic E-state index is 13.7. The van der Waals surface area contributed by atoms with Crippen LogP contribution in [0.5, 0.6) is 11.5 Å². The lowest BCUT2D eigenvalue weighted by Gasteiger charge is -2.27. The number of aromatic nitrogens is 3. The molecule has 0 radical (unpaired) electrons. The molecule has 2 aromatic carbocycles. The van der Waals surface area contributed by atoms with Crippen molar-refractivity contribution in [3.05, 3.63) is 88.2 Å². The van der Waals surface area contributed by atoms with Gasteiger partial charge in [-0.05, 0) is 69.3 Å². The number of carbonyl (C=O) groups is 1. The van der Waals surface area contributed by atoms with E-state index < -0.39 is 0 Å². The van der Waals surface area contributed by atoms with Crippen molar-refractivity contribution in [2.75, 3.05) is 26.2 Å². The van der Waals surface area contributed by atoms with E-state index in [9.17, 15) is 9.59 Å². The lowest BCUT2D eigenvalue weighted by atomic mass is 9.92. The summed E-state index contributed by atoms with van der Waals surface area (Å²) in [4.78, 5) is 38.0. The molecule has 3 aliphatic rings. The minimum absolute atomic E-state index is 0.155. The van der Waals surface area contributed by atoms with E-state index in [2.05, 4.69) is 20.2 Å². The fraction of sp³-hybridized carbons (Fsp3) is 0.355. The van der Waals surface area contributed by atoms with Crippen LogP contribution in [-0.2, 0) is 0 Å². The van der Waals surface area contributed by atoms with Crippen LogP contribution in [0.2, 0.25) is 0 Å². The van der Waals surface area contributed by atoms with Crippen LogP contribution in [-0.4, -0.2) is 51.5 Å². The van der Waals surface area contributed by atoms with Crippen LogP contribution in [0.25, 0.3) is 16.6 Å². The summed E-state index contributed by atoms with van der Waals surface area (Å²) < 4.78 is 8.49. The van der Waals surface area contributed by atoms with E-state index in [1.165, 1.54) is 12.8 Å². The van der Waals surface area contributed by atoms with Crippen LogP contribution < -0.4 is 15.5 Å². The molecule has 8 heteroatoms. The van der Waals surface area contributed by atoms with E-state index in [1.54, 1.807) is 18.6 Å². The number of ether oxygens (including phenoxy) is 1. The first-order valence-electron chi connectivity index (χ1n) is 13.9. The number of para-hydroxylation sites is 2. The summed E-state index contributed by atoms with van der Waals surface area (Å²) in [5.74, 6) is 1.72. The zero-order chi connectivity index (χ0) is 26.3. The molecule has 2 unspecified atom stereocenters. The van der Waals surface area contributed by atoms with Crippen LogP contribution in [0.1, 0.15) is 65.6 Å². The molecule has 2 aromatic heterocycles. The predicted molar refractivity (Wildman–Crippen MR) is 149 cm³/mol. The van der Waals surface area contributed by atoms with E-state index in [0.717, 1.165) is 61.4 Å². The lowest BCUT2D eigenvalue weighted by Crippen LogP contribution is -2.36. The molecule has 1 saturated heterocycles. The Labute approximate surface area is 226 Å². The molecule has 0 bridgehead atoms.